The SMILES string of the molecule is CN(C)C(=[N-])N(C)C.I.[Na+]. The van der Waals surface area contributed by atoms with Crippen LogP contribution in [0.1, 0.15) is 0 Å². The summed E-state index contributed by atoms with van der Waals surface area (Å²) in [6.45, 7) is 0. The third-order valence-electron chi connectivity index (χ3n) is 0.800. The van der Waals surface area contributed by atoms with Crippen molar-refractivity contribution in [2.24, 2.45) is 0 Å². The fourth-order valence-corrected chi connectivity index (χ4v) is 0.400. The van der Waals surface area contributed by atoms with Gasteiger partial charge in [-0.25, -0.2) is 0 Å². The molecule has 10 heavy (non-hydrogen) atoms. The van der Waals surface area contributed by atoms with Crippen molar-refractivity contribution in [3.05, 3.63) is 5.41 Å². The first-order valence-electron chi connectivity index (χ1n) is 2.46. The Morgan fingerprint density at radius 3 is 1.20 bits per heavy atom. The number of halogens is 1. The third-order valence-corrected chi connectivity index (χ3v) is 0.800. The van der Waals surface area contributed by atoms with Crippen molar-refractivity contribution in [2.75, 3.05) is 28.2 Å². The van der Waals surface area contributed by atoms with Gasteiger partial charge in [0.1, 0.15) is 0 Å². The number of guanidine groups is 1. The Labute approximate surface area is 102 Å². The maximum atomic E-state index is 8.97. The molecular formula is C5H13IN3Na. The van der Waals surface area contributed by atoms with E-state index in [2.05, 4.69) is 0 Å². The summed E-state index contributed by atoms with van der Waals surface area (Å²) in [6.07, 6.45) is 0. The smallest absolute Gasteiger partial charge is 0.432 e. The van der Waals surface area contributed by atoms with Crippen LogP contribution < -0.4 is 29.6 Å². The van der Waals surface area contributed by atoms with E-state index in [1.165, 1.54) is 0 Å². The van der Waals surface area contributed by atoms with E-state index in [-0.39, 0.29) is 59.5 Å². The van der Waals surface area contributed by atoms with E-state index in [0.717, 1.165) is 0 Å². The zero-order valence-electron chi connectivity index (χ0n) is 7.25. The van der Waals surface area contributed by atoms with Gasteiger partial charge in [0, 0.05) is 5.96 Å². The van der Waals surface area contributed by atoms with Crippen LogP contribution in [0.4, 0.5) is 0 Å². The van der Waals surface area contributed by atoms with E-state index in [9.17, 15) is 0 Å². The summed E-state index contributed by atoms with van der Waals surface area (Å²) in [5.41, 5.74) is 0. The van der Waals surface area contributed by atoms with Gasteiger partial charge in [-0.1, -0.05) is 0 Å². The molecule has 0 spiro atoms. The van der Waals surface area contributed by atoms with Crippen molar-refractivity contribution in [2.45, 2.75) is 0 Å². The maximum Gasteiger partial charge on any atom is 1.00 e. The molecule has 0 aromatic rings. The molecule has 0 aromatic carbocycles. The molecule has 0 aliphatic carbocycles. The summed E-state index contributed by atoms with van der Waals surface area (Å²) in [4.78, 5) is 3.28. The quantitative estimate of drug-likeness (QED) is 0.212. The van der Waals surface area contributed by atoms with Crippen molar-refractivity contribution >= 4 is 29.9 Å². The molecule has 0 saturated heterocycles. The second-order valence-corrected chi connectivity index (χ2v) is 2.09. The van der Waals surface area contributed by atoms with Gasteiger partial charge in [-0.05, 0) is 28.2 Å². The van der Waals surface area contributed by atoms with Gasteiger partial charge in [0.2, 0.25) is 0 Å². The molecule has 0 rings (SSSR count). The Hall–Kier alpha value is 1.00. The normalized spacial score (nSPS) is 6.80. The minimum Gasteiger partial charge on any atom is -0.432 e. The summed E-state index contributed by atoms with van der Waals surface area (Å²) >= 11 is 0. The molecule has 0 bridgehead atoms. The molecule has 0 aliphatic heterocycles. The molecule has 5 heteroatoms. The summed E-state index contributed by atoms with van der Waals surface area (Å²) < 4.78 is 0. The van der Waals surface area contributed by atoms with E-state index < -0.39 is 0 Å². The van der Waals surface area contributed by atoms with Gasteiger partial charge in [-0.3, -0.25) is 0 Å². The first-order chi connectivity index (χ1) is 3.55. The summed E-state index contributed by atoms with van der Waals surface area (Å²) in [5.74, 6) is 0.269. The van der Waals surface area contributed by atoms with Crippen LogP contribution >= 0.6 is 24.0 Å². The van der Waals surface area contributed by atoms with Crippen molar-refractivity contribution in [3.8, 4) is 0 Å². The third kappa shape index (κ3) is 7.11. The fourth-order valence-electron chi connectivity index (χ4n) is 0.400. The minimum absolute atomic E-state index is 0. The van der Waals surface area contributed by atoms with E-state index >= 15 is 0 Å². The van der Waals surface area contributed by atoms with Crippen LogP contribution in [0.5, 0.6) is 0 Å². The van der Waals surface area contributed by atoms with Crippen LogP contribution in [0, 0.1) is 0 Å². The molecule has 0 N–H and O–H groups in total. The van der Waals surface area contributed by atoms with Crippen molar-refractivity contribution < 1.29 is 29.6 Å². The van der Waals surface area contributed by atoms with E-state index in [4.69, 9.17) is 5.41 Å². The first-order valence-corrected chi connectivity index (χ1v) is 2.46. The minimum atomic E-state index is 0. The summed E-state index contributed by atoms with van der Waals surface area (Å²) in [7, 11) is 7.15. The summed E-state index contributed by atoms with van der Waals surface area (Å²) in [6, 6.07) is 0. The topological polar surface area (TPSA) is 28.8 Å². The van der Waals surface area contributed by atoms with E-state index in [0.29, 0.717) is 0 Å². The number of nitrogens with zero attached hydrogens (tertiary/aromatic N) is 3. The van der Waals surface area contributed by atoms with Crippen molar-refractivity contribution in [1.29, 1.82) is 0 Å². The van der Waals surface area contributed by atoms with Gasteiger partial charge in [-0.15, -0.1) is 24.0 Å². The molecule has 0 radical (unpaired) electrons. The molecular weight excluding hydrogens is 252 g/mol. The van der Waals surface area contributed by atoms with E-state index in [1.54, 1.807) is 38.0 Å². The number of hydrogen-bond acceptors (Lipinski definition) is 0. The van der Waals surface area contributed by atoms with Crippen LogP contribution in [0.25, 0.3) is 5.41 Å². The van der Waals surface area contributed by atoms with Crippen molar-refractivity contribution in [3.63, 3.8) is 0 Å². The van der Waals surface area contributed by atoms with Crippen LogP contribution in [-0.4, -0.2) is 44.0 Å². The molecule has 0 amide bonds. The van der Waals surface area contributed by atoms with Crippen molar-refractivity contribution in [1.82, 2.24) is 9.80 Å². The van der Waals surface area contributed by atoms with Crippen LogP contribution in [0.2, 0.25) is 0 Å². The monoisotopic (exact) mass is 265 g/mol. The molecule has 0 atom stereocenters. The van der Waals surface area contributed by atoms with Crippen LogP contribution in [0.15, 0.2) is 0 Å². The zero-order valence-corrected chi connectivity index (χ0v) is 11.6. The molecule has 56 valence electrons. The van der Waals surface area contributed by atoms with Gasteiger partial charge in [-0.2, -0.15) is 0 Å². The second kappa shape index (κ2) is 8.10. The fraction of sp³-hybridized carbons (Fsp3) is 0.800. The van der Waals surface area contributed by atoms with Gasteiger partial charge >= 0.3 is 29.6 Å². The number of rotatable bonds is 0. The molecule has 0 fully saturated rings. The van der Waals surface area contributed by atoms with Crippen LogP contribution in [0.3, 0.4) is 0 Å². The molecule has 0 unspecified atom stereocenters. The number of hydrogen-bond donors (Lipinski definition) is 0. The average Bonchev–Trinajstić information content (AvgIpc) is 1.64. The van der Waals surface area contributed by atoms with Gasteiger partial charge < -0.3 is 15.2 Å². The molecule has 0 heterocycles. The Bertz CT molecular complexity index is 84.9. The molecule has 0 aliphatic rings. The Balaban J connectivity index is -0.000000245. The largest absolute Gasteiger partial charge is 1.00 e. The van der Waals surface area contributed by atoms with Gasteiger partial charge in [0.05, 0.1) is 0 Å². The molecule has 0 aromatic heterocycles. The zero-order chi connectivity index (χ0) is 6.73. The Kier molecular flexibility index (Phi) is 13.9. The van der Waals surface area contributed by atoms with Crippen LogP contribution in [-0.2, 0) is 0 Å². The average molecular weight is 265 g/mol. The predicted octanol–water partition coefficient (Wildman–Crippen LogP) is -2.34. The van der Waals surface area contributed by atoms with E-state index in [1.807, 2.05) is 0 Å². The molecule has 3 nitrogen and oxygen atoms in total. The predicted molar refractivity (Wildman–Crippen MR) is 51.2 cm³/mol. The standard InChI is InChI=1S/C5H12N3.HI.Na/c1-7(2)5(6)8(3)4;;/h1-4H3;1H;/q-1;;+1. The first kappa shape index (κ1) is 17.2. The Morgan fingerprint density at radius 1 is 1.00 bits per heavy atom. The maximum absolute atomic E-state index is 8.97. The van der Waals surface area contributed by atoms with Gasteiger partial charge in [0.15, 0.2) is 0 Å². The van der Waals surface area contributed by atoms with Gasteiger partial charge in [0.25, 0.3) is 0 Å². The summed E-state index contributed by atoms with van der Waals surface area (Å²) in [5, 5.41) is 8.97. The Morgan fingerprint density at radius 2 is 1.20 bits per heavy atom. The second-order valence-electron chi connectivity index (χ2n) is 2.09. The molecule has 0 saturated carbocycles.